The van der Waals surface area contributed by atoms with E-state index in [9.17, 15) is 4.79 Å². The van der Waals surface area contributed by atoms with Crippen LogP contribution in [0, 0.1) is 5.92 Å². The molecule has 3 aromatic rings. The minimum absolute atomic E-state index is 0.178. The Morgan fingerprint density at radius 2 is 1.76 bits per heavy atom. The second-order valence-corrected chi connectivity index (χ2v) is 9.36. The van der Waals surface area contributed by atoms with E-state index in [2.05, 4.69) is 62.8 Å². The van der Waals surface area contributed by atoms with Gasteiger partial charge in [-0.05, 0) is 61.7 Å². The number of carbonyl (C=O) groups is 1. The van der Waals surface area contributed by atoms with E-state index in [0.29, 0.717) is 12.5 Å². The number of carbonyl (C=O) groups excluding carboxylic acids is 1. The predicted octanol–water partition coefficient (Wildman–Crippen LogP) is 4.20. The molecule has 0 bridgehead atoms. The molecule has 0 saturated carbocycles. The zero-order valence-corrected chi connectivity index (χ0v) is 19.8. The van der Waals surface area contributed by atoms with Gasteiger partial charge in [0.25, 0.3) is 0 Å². The van der Waals surface area contributed by atoms with Crippen molar-refractivity contribution in [2.45, 2.75) is 12.8 Å². The molecule has 2 N–H and O–H groups in total. The van der Waals surface area contributed by atoms with Crippen molar-refractivity contribution in [1.29, 1.82) is 0 Å². The van der Waals surface area contributed by atoms with Crippen molar-refractivity contribution >= 4 is 28.3 Å². The molecule has 34 heavy (non-hydrogen) atoms. The summed E-state index contributed by atoms with van der Waals surface area (Å²) < 4.78 is 5.37. The molecule has 2 saturated heterocycles. The smallest absolute Gasteiger partial charge is 0.319 e. The van der Waals surface area contributed by atoms with Crippen LogP contribution in [-0.4, -0.2) is 68.9 Å². The predicted molar refractivity (Wildman–Crippen MR) is 137 cm³/mol. The molecule has 178 valence electrons. The van der Waals surface area contributed by atoms with E-state index >= 15 is 0 Å². The van der Waals surface area contributed by atoms with Gasteiger partial charge >= 0.3 is 6.03 Å². The van der Waals surface area contributed by atoms with Crippen molar-refractivity contribution in [2.75, 3.05) is 63.2 Å². The highest BCUT2D eigenvalue weighted by molar-refractivity contribution is 5.93. The maximum atomic E-state index is 12.3. The van der Waals surface area contributed by atoms with Gasteiger partial charge in [-0.1, -0.05) is 18.2 Å². The highest BCUT2D eigenvalue weighted by atomic mass is 16.5. The van der Waals surface area contributed by atoms with Crippen LogP contribution in [0.3, 0.4) is 0 Å². The molecular formula is C27H33N5O2. The molecule has 0 atom stereocenters. The topological polar surface area (TPSA) is 69.7 Å². The number of rotatable bonds is 5. The van der Waals surface area contributed by atoms with Crippen molar-refractivity contribution in [3.8, 4) is 11.1 Å². The quantitative estimate of drug-likeness (QED) is 0.598. The van der Waals surface area contributed by atoms with Crippen LogP contribution in [0.1, 0.15) is 12.8 Å². The van der Waals surface area contributed by atoms with Crippen LogP contribution in [0.4, 0.5) is 16.2 Å². The number of anilines is 2. The van der Waals surface area contributed by atoms with E-state index in [1.165, 1.54) is 5.69 Å². The average molecular weight is 460 g/mol. The molecule has 2 fully saturated rings. The number of aromatic nitrogens is 1. The first kappa shape index (κ1) is 22.6. The standard InChI is InChI=1S/C27H33N5O2/c1-31-10-12-32(13-11-31)25-6-3-21(4-7-25)23-16-22-2-5-24(17-26(22)28-19-23)30-27(33)29-18-20-8-14-34-15-9-20/h2-7,16-17,19-20H,8-15,18H2,1H3,(H2,29,30,33). The number of piperazine rings is 1. The summed E-state index contributed by atoms with van der Waals surface area (Å²) in [7, 11) is 2.18. The summed E-state index contributed by atoms with van der Waals surface area (Å²) in [6.45, 7) is 6.58. The van der Waals surface area contributed by atoms with Crippen molar-refractivity contribution in [3.05, 3.63) is 54.7 Å². The number of nitrogens with zero attached hydrogens (tertiary/aromatic N) is 3. The van der Waals surface area contributed by atoms with E-state index in [1.807, 2.05) is 24.4 Å². The van der Waals surface area contributed by atoms with Gasteiger partial charge in [0.05, 0.1) is 5.52 Å². The fourth-order valence-corrected chi connectivity index (χ4v) is 4.65. The minimum Gasteiger partial charge on any atom is -0.381 e. The van der Waals surface area contributed by atoms with Crippen LogP contribution in [0.15, 0.2) is 54.7 Å². The molecule has 1 aromatic heterocycles. The minimum atomic E-state index is -0.178. The molecule has 5 rings (SSSR count). The molecule has 7 heteroatoms. The van der Waals surface area contributed by atoms with Crippen LogP contribution in [0.5, 0.6) is 0 Å². The Kier molecular flexibility index (Phi) is 6.92. The molecule has 0 radical (unpaired) electrons. The fraction of sp³-hybridized carbons (Fsp3) is 0.407. The lowest BCUT2D eigenvalue weighted by atomic mass is 10.0. The Hall–Kier alpha value is -3.16. The van der Waals surface area contributed by atoms with Gasteiger partial charge in [0.1, 0.15) is 0 Å². The number of nitrogens with one attached hydrogen (secondary N) is 2. The Balaban J connectivity index is 1.21. The number of benzene rings is 2. The van der Waals surface area contributed by atoms with Gasteiger partial charge in [-0.15, -0.1) is 0 Å². The average Bonchev–Trinajstić information content (AvgIpc) is 2.88. The number of likely N-dealkylation sites (N-methyl/N-ethyl adjacent to an activating group) is 1. The number of ether oxygens (including phenoxy) is 1. The van der Waals surface area contributed by atoms with E-state index in [4.69, 9.17) is 4.74 Å². The summed E-state index contributed by atoms with van der Waals surface area (Å²) in [5.41, 5.74) is 5.12. The van der Waals surface area contributed by atoms with Crippen LogP contribution >= 0.6 is 0 Å². The summed E-state index contributed by atoms with van der Waals surface area (Å²) in [6.07, 6.45) is 3.91. The molecule has 2 amide bonds. The van der Waals surface area contributed by atoms with Crippen molar-refractivity contribution in [1.82, 2.24) is 15.2 Å². The van der Waals surface area contributed by atoms with Gasteiger partial charge < -0.3 is 25.2 Å². The third-order valence-electron chi connectivity index (χ3n) is 6.90. The largest absolute Gasteiger partial charge is 0.381 e. The van der Waals surface area contributed by atoms with Crippen molar-refractivity contribution in [2.24, 2.45) is 5.92 Å². The third kappa shape index (κ3) is 5.48. The number of amides is 2. The number of urea groups is 1. The third-order valence-corrected chi connectivity index (χ3v) is 6.90. The van der Waals surface area contributed by atoms with Crippen molar-refractivity contribution < 1.29 is 9.53 Å². The maximum Gasteiger partial charge on any atom is 0.319 e. The lowest BCUT2D eigenvalue weighted by Crippen LogP contribution is -2.44. The van der Waals surface area contributed by atoms with Gasteiger partial charge in [-0.3, -0.25) is 4.98 Å². The number of hydrogen-bond acceptors (Lipinski definition) is 5. The second kappa shape index (κ2) is 10.4. The molecule has 7 nitrogen and oxygen atoms in total. The van der Waals surface area contributed by atoms with Gasteiger partial charge in [0.15, 0.2) is 0 Å². The molecule has 2 aliphatic heterocycles. The van der Waals surface area contributed by atoms with E-state index < -0.39 is 0 Å². The fourth-order valence-electron chi connectivity index (χ4n) is 4.65. The van der Waals surface area contributed by atoms with Gasteiger partial charge in [0.2, 0.25) is 0 Å². The SMILES string of the molecule is CN1CCN(c2ccc(-c3cnc4cc(NC(=O)NCC5CCOCC5)ccc4c3)cc2)CC1. The van der Waals surface area contributed by atoms with Crippen molar-refractivity contribution in [3.63, 3.8) is 0 Å². The van der Waals surface area contributed by atoms with E-state index in [-0.39, 0.29) is 6.03 Å². The number of fused-ring (bicyclic) bond motifs is 1. The van der Waals surface area contributed by atoms with E-state index in [0.717, 1.165) is 80.0 Å². The second-order valence-electron chi connectivity index (χ2n) is 9.36. The molecule has 0 aliphatic carbocycles. The summed E-state index contributed by atoms with van der Waals surface area (Å²) in [5, 5.41) is 6.96. The lowest BCUT2D eigenvalue weighted by molar-refractivity contribution is 0.0671. The normalized spacial score (nSPS) is 17.6. The Bertz CT molecular complexity index is 1120. The van der Waals surface area contributed by atoms with Gasteiger partial charge in [-0.25, -0.2) is 4.79 Å². The monoisotopic (exact) mass is 459 g/mol. The zero-order valence-electron chi connectivity index (χ0n) is 19.8. The van der Waals surface area contributed by atoms with Gasteiger partial charge in [-0.2, -0.15) is 0 Å². The molecule has 0 unspecified atom stereocenters. The molecule has 3 heterocycles. The summed E-state index contributed by atoms with van der Waals surface area (Å²) >= 11 is 0. The number of hydrogen-bond donors (Lipinski definition) is 2. The van der Waals surface area contributed by atoms with Crippen LogP contribution in [-0.2, 0) is 4.74 Å². The Morgan fingerprint density at radius 3 is 2.53 bits per heavy atom. The highest BCUT2D eigenvalue weighted by Gasteiger charge is 2.15. The van der Waals surface area contributed by atoms with Crippen LogP contribution in [0.2, 0.25) is 0 Å². The first-order valence-electron chi connectivity index (χ1n) is 12.2. The van der Waals surface area contributed by atoms with Gasteiger partial charge in [0, 0.05) is 74.5 Å². The van der Waals surface area contributed by atoms with Crippen LogP contribution in [0.25, 0.3) is 22.0 Å². The zero-order chi connectivity index (χ0) is 23.3. The highest BCUT2D eigenvalue weighted by Crippen LogP contribution is 2.27. The molecular weight excluding hydrogens is 426 g/mol. The van der Waals surface area contributed by atoms with E-state index in [1.54, 1.807) is 0 Å². The first-order chi connectivity index (χ1) is 16.6. The lowest BCUT2D eigenvalue weighted by Gasteiger charge is -2.34. The molecule has 2 aromatic carbocycles. The molecule has 0 spiro atoms. The summed E-state index contributed by atoms with van der Waals surface area (Å²) in [4.78, 5) is 21.8. The Morgan fingerprint density at radius 1 is 1.00 bits per heavy atom. The summed E-state index contributed by atoms with van der Waals surface area (Å²) in [5.74, 6) is 0.492. The maximum absolute atomic E-state index is 12.3. The van der Waals surface area contributed by atoms with Crippen LogP contribution < -0.4 is 15.5 Å². The first-order valence-corrected chi connectivity index (χ1v) is 12.2. The summed E-state index contributed by atoms with van der Waals surface area (Å²) in [6, 6.07) is 16.6. The molecule has 2 aliphatic rings. The number of pyridine rings is 1. The Labute approximate surface area is 201 Å².